The molecule has 1 atom stereocenters. The minimum Gasteiger partial charge on any atom is -0.313 e. The van der Waals surface area contributed by atoms with Crippen molar-refractivity contribution in [2.45, 2.75) is 32.6 Å². The van der Waals surface area contributed by atoms with Crippen LogP contribution in [0.25, 0.3) is 10.7 Å². The quantitative estimate of drug-likeness (QED) is 0.422. The lowest BCUT2D eigenvalue weighted by Crippen LogP contribution is -2.26. The van der Waals surface area contributed by atoms with E-state index >= 15 is 0 Å². The van der Waals surface area contributed by atoms with Gasteiger partial charge < -0.3 is 4.90 Å². The van der Waals surface area contributed by atoms with Gasteiger partial charge in [-0.15, -0.1) is 0 Å². The second kappa shape index (κ2) is 8.31. The molecule has 0 aliphatic carbocycles. The third-order valence-electron chi connectivity index (χ3n) is 5.71. The second-order valence-electron chi connectivity index (χ2n) is 7.59. The molecule has 0 saturated carbocycles. The molecule has 29 heavy (non-hydrogen) atoms. The lowest BCUT2D eigenvalue weighted by molar-refractivity contribution is 0.757. The summed E-state index contributed by atoms with van der Waals surface area (Å²) >= 11 is 6.95. The minimum atomic E-state index is 0.413. The first-order valence-corrected chi connectivity index (χ1v) is 10.6. The molecule has 1 heterocycles. The smallest absolute Gasteiger partial charge is 0.0683 e. The molecular formula is C27H26ClN. The molecule has 0 N–H and O–H groups in total. The molecule has 1 nitrogen and oxygen atoms in total. The number of halogens is 1. The zero-order valence-corrected chi connectivity index (χ0v) is 17.8. The number of rotatable bonds is 5. The van der Waals surface area contributed by atoms with E-state index in [9.17, 15) is 0 Å². The van der Waals surface area contributed by atoms with Crippen LogP contribution in [0.15, 0.2) is 91.1 Å². The van der Waals surface area contributed by atoms with Crippen LogP contribution in [-0.4, -0.2) is 0 Å². The molecule has 1 aliphatic rings. The molecule has 3 aromatic rings. The topological polar surface area (TPSA) is 3.24 Å². The summed E-state index contributed by atoms with van der Waals surface area (Å²) in [5.74, 6) is 0.413. The van der Waals surface area contributed by atoms with Crippen LogP contribution in [0, 0.1) is 0 Å². The fourth-order valence-corrected chi connectivity index (χ4v) is 4.63. The van der Waals surface area contributed by atoms with E-state index in [1.54, 1.807) is 0 Å². The molecule has 146 valence electrons. The van der Waals surface area contributed by atoms with E-state index in [4.69, 9.17) is 11.6 Å². The van der Waals surface area contributed by atoms with Crippen molar-refractivity contribution in [2.24, 2.45) is 0 Å². The van der Waals surface area contributed by atoms with Gasteiger partial charge in [-0.3, -0.25) is 0 Å². The normalized spacial score (nSPS) is 14.7. The van der Waals surface area contributed by atoms with E-state index in [2.05, 4.69) is 98.1 Å². The van der Waals surface area contributed by atoms with Gasteiger partial charge in [0.1, 0.15) is 0 Å². The molecule has 0 saturated heterocycles. The Morgan fingerprint density at radius 1 is 0.897 bits per heavy atom. The van der Waals surface area contributed by atoms with Crippen molar-refractivity contribution in [1.29, 1.82) is 0 Å². The van der Waals surface area contributed by atoms with Gasteiger partial charge in [-0.05, 0) is 42.0 Å². The zero-order chi connectivity index (χ0) is 20.4. The third kappa shape index (κ3) is 3.63. The highest BCUT2D eigenvalue weighted by molar-refractivity contribution is 6.50. The van der Waals surface area contributed by atoms with Crippen molar-refractivity contribution in [3.05, 3.63) is 113 Å². The predicted molar refractivity (Wildman–Crippen MR) is 126 cm³/mol. The summed E-state index contributed by atoms with van der Waals surface area (Å²) in [4.78, 5) is 2.22. The Hall–Kier alpha value is -2.77. The van der Waals surface area contributed by atoms with Crippen molar-refractivity contribution in [2.75, 3.05) is 4.90 Å². The summed E-state index contributed by atoms with van der Waals surface area (Å²) in [6.45, 7) is 8.95. The minimum absolute atomic E-state index is 0.413. The first kappa shape index (κ1) is 19.5. The lowest BCUT2D eigenvalue weighted by atomic mass is 9.86. The highest BCUT2D eigenvalue weighted by atomic mass is 35.5. The van der Waals surface area contributed by atoms with Crippen LogP contribution in [0.2, 0.25) is 0 Å². The van der Waals surface area contributed by atoms with Gasteiger partial charge in [-0.1, -0.05) is 98.8 Å². The summed E-state index contributed by atoms with van der Waals surface area (Å²) in [5, 5.41) is 0.827. The van der Waals surface area contributed by atoms with Gasteiger partial charge in [0.15, 0.2) is 0 Å². The van der Waals surface area contributed by atoms with Crippen LogP contribution in [-0.2, 0) is 6.42 Å². The Morgan fingerprint density at radius 2 is 1.55 bits per heavy atom. The molecule has 0 bridgehead atoms. The molecule has 4 rings (SSSR count). The number of nitrogens with zero attached hydrogens (tertiary/aromatic N) is 1. The van der Waals surface area contributed by atoms with E-state index in [-0.39, 0.29) is 0 Å². The summed E-state index contributed by atoms with van der Waals surface area (Å²) in [6, 6.07) is 27.5. The highest BCUT2D eigenvalue weighted by Crippen LogP contribution is 2.45. The molecule has 1 unspecified atom stereocenters. The van der Waals surface area contributed by atoms with E-state index in [1.807, 2.05) is 6.07 Å². The Kier molecular flexibility index (Phi) is 5.60. The summed E-state index contributed by atoms with van der Waals surface area (Å²) < 4.78 is 0. The average Bonchev–Trinajstić information content (AvgIpc) is 2.77. The van der Waals surface area contributed by atoms with Crippen molar-refractivity contribution >= 4 is 28.0 Å². The van der Waals surface area contributed by atoms with Crippen LogP contribution < -0.4 is 4.90 Å². The fraction of sp³-hybridized carbons (Fsp3) is 0.185. The maximum atomic E-state index is 6.95. The molecule has 0 amide bonds. The summed E-state index contributed by atoms with van der Waals surface area (Å²) in [7, 11) is 0. The molecular weight excluding hydrogens is 374 g/mol. The Labute approximate surface area is 179 Å². The van der Waals surface area contributed by atoms with Gasteiger partial charge in [-0.25, -0.2) is 0 Å². The first-order valence-electron chi connectivity index (χ1n) is 10.2. The molecule has 0 fully saturated rings. The Bertz CT molecular complexity index is 1050. The lowest BCUT2D eigenvalue weighted by Gasteiger charge is -2.36. The third-order valence-corrected chi connectivity index (χ3v) is 6.13. The Morgan fingerprint density at radius 3 is 2.21 bits per heavy atom. The van der Waals surface area contributed by atoms with Crippen molar-refractivity contribution in [1.82, 2.24) is 0 Å². The number of benzene rings is 3. The van der Waals surface area contributed by atoms with Crippen LogP contribution in [0.5, 0.6) is 0 Å². The van der Waals surface area contributed by atoms with E-state index in [1.165, 1.54) is 16.7 Å². The van der Waals surface area contributed by atoms with Gasteiger partial charge in [0.25, 0.3) is 0 Å². The molecule has 0 radical (unpaired) electrons. The van der Waals surface area contributed by atoms with Crippen LogP contribution in [0.1, 0.15) is 48.4 Å². The maximum absolute atomic E-state index is 6.95. The predicted octanol–water partition coefficient (Wildman–Crippen LogP) is 7.84. The van der Waals surface area contributed by atoms with E-state index in [0.29, 0.717) is 5.92 Å². The molecule has 0 aromatic heterocycles. The van der Waals surface area contributed by atoms with Crippen molar-refractivity contribution < 1.29 is 0 Å². The number of allylic oxidation sites excluding steroid dienone is 1. The van der Waals surface area contributed by atoms with E-state index < -0.39 is 0 Å². The first-order chi connectivity index (χ1) is 14.1. The fourth-order valence-electron chi connectivity index (χ4n) is 4.25. The van der Waals surface area contributed by atoms with Gasteiger partial charge in [0, 0.05) is 28.2 Å². The Balaban J connectivity index is 1.80. The van der Waals surface area contributed by atoms with E-state index in [0.717, 1.165) is 40.5 Å². The molecule has 3 aromatic carbocycles. The zero-order valence-electron chi connectivity index (χ0n) is 17.0. The van der Waals surface area contributed by atoms with Gasteiger partial charge in [-0.2, -0.15) is 0 Å². The molecule has 1 aliphatic heterocycles. The number of fused-ring (bicyclic) bond motifs is 1. The van der Waals surface area contributed by atoms with Crippen LogP contribution >= 0.6 is 11.6 Å². The second-order valence-corrected chi connectivity index (χ2v) is 7.97. The van der Waals surface area contributed by atoms with Gasteiger partial charge >= 0.3 is 0 Å². The number of anilines is 1. The van der Waals surface area contributed by atoms with Crippen molar-refractivity contribution in [3.8, 4) is 0 Å². The van der Waals surface area contributed by atoms with Crippen LogP contribution in [0.4, 0.5) is 5.69 Å². The molecule has 2 heteroatoms. The number of para-hydroxylation sites is 1. The van der Waals surface area contributed by atoms with Gasteiger partial charge in [0.05, 0.1) is 5.03 Å². The SMILES string of the molecule is C=C1c2c(CC(C)c3ccccc3)cccc2C(Cl)=C(CC)N1c1ccccc1. The average molecular weight is 400 g/mol. The van der Waals surface area contributed by atoms with Crippen molar-refractivity contribution in [3.63, 3.8) is 0 Å². The number of hydrogen-bond acceptors (Lipinski definition) is 1. The standard InChI is InChI=1S/C27H26ClN/c1-4-25-27(28)24-17-11-14-22(18-19(2)21-12-7-5-8-13-21)26(24)20(3)29(25)23-15-9-6-10-16-23/h5-17,19H,3-4,18H2,1-2H3. The van der Waals surface area contributed by atoms with Gasteiger partial charge in [0.2, 0.25) is 0 Å². The highest BCUT2D eigenvalue weighted by Gasteiger charge is 2.29. The summed E-state index contributed by atoms with van der Waals surface area (Å²) in [5.41, 5.74) is 8.11. The number of hydrogen-bond donors (Lipinski definition) is 0. The monoisotopic (exact) mass is 399 g/mol. The van der Waals surface area contributed by atoms with Crippen LogP contribution in [0.3, 0.4) is 0 Å². The maximum Gasteiger partial charge on any atom is 0.0683 e. The summed E-state index contributed by atoms with van der Waals surface area (Å²) in [6.07, 6.45) is 1.79. The molecule has 0 spiro atoms. The largest absolute Gasteiger partial charge is 0.313 e.